The Morgan fingerprint density at radius 3 is 2.68 bits per heavy atom. The van der Waals surface area contributed by atoms with Gasteiger partial charge in [-0.1, -0.05) is 12.7 Å². The molecule has 2 N–H and O–H groups in total. The number of esters is 1. The number of carbonyl (C=O) groups is 1. The summed E-state index contributed by atoms with van der Waals surface area (Å²) in [4.78, 5) is 11.6. The fraction of sp³-hybridized carbons (Fsp3) is 0.533. The Morgan fingerprint density at radius 2 is 2.00 bits per heavy atom. The van der Waals surface area contributed by atoms with Crippen molar-refractivity contribution < 1.29 is 19.7 Å². The van der Waals surface area contributed by atoms with Crippen LogP contribution in [0.15, 0.2) is 35.5 Å². The predicted molar refractivity (Wildman–Crippen MR) is 71.3 cm³/mol. The van der Waals surface area contributed by atoms with Crippen molar-refractivity contribution in [1.29, 1.82) is 0 Å². The quantitative estimate of drug-likeness (QED) is 0.450. The fourth-order valence-electron chi connectivity index (χ4n) is 2.62. The average molecular weight is 264 g/mol. The van der Waals surface area contributed by atoms with Gasteiger partial charge in [0.1, 0.15) is 6.10 Å². The van der Waals surface area contributed by atoms with Crippen LogP contribution in [0.4, 0.5) is 0 Å². The molecule has 1 heterocycles. The van der Waals surface area contributed by atoms with Crippen LogP contribution in [0.5, 0.6) is 0 Å². The average Bonchev–Trinajstić information content (AvgIpc) is 2.68. The van der Waals surface area contributed by atoms with Gasteiger partial charge in [0, 0.05) is 11.5 Å². The van der Waals surface area contributed by atoms with Crippen LogP contribution in [-0.4, -0.2) is 35.5 Å². The lowest BCUT2D eigenvalue weighted by Gasteiger charge is -2.18. The van der Waals surface area contributed by atoms with Crippen molar-refractivity contribution in [2.45, 2.75) is 31.8 Å². The van der Waals surface area contributed by atoms with E-state index < -0.39 is 0 Å². The summed E-state index contributed by atoms with van der Waals surface area (Å²) in [6.07, 6.45) is 6.54. The van der Waals surface area contributed by atoms with Crippen molar-refractivity contribution in [3.63, 3.8) is 0 Å². The van der Waals surface area contributed by atoms with Gasteiger partial charge in [-0.05, 0) is 42.9 Å². The molecule has 0 bridgehead atoms. The van der Waals surface area contributed by atoms with Gasteiger partial charge in [-0.3, -0.25) is 0 Å². The predicted octanol–water partition coefficient (Wildman–Crippen LogP) is 1.50. The number of hydrogen-bond acceptors (Lipinski definition) is 4. The highest BCUT2D eigenvalue weighted by Gasteiger charge is 2.37. The molecule has 2 atom stereocenters. The fourth-order valence-corrected chi connectivity index (χ4v) is 2.62. The third kappa shape index (κ3) is 3.14. The molecule has 0 spiro atoms. The maximum absolute atomic E-state index is 11.6. The van der Waals surface area contributed by atoms with Crippen molar-refractivity contribution in [2.24, 2.45) is 5.92 Å². The lowest BCUT2D eigenvalue weighted by atomic mass is 9.88. The van der Waals surface area contributed by atoms with Gasteiger partial charge in [0.2, 0.25) is 0 Å². The topological polar surface area (TPSA) is 66.8 Å². The number of hydrogen-bond donors (Lipinski definition) is 2. The lowest BCUT2D eigenvalue weighted by Crippen LogP contribution is -2.16. The summed E-state index contributed by atoms with van der Waals surface area (Å²) in [5.41, 5.74) is 2.34. The van der Waals surface area contributed by atoms with Crippen molar-refractivity contribution in [3.8, 4) is 0 Å². The summed E-state index contributed by atoms with van der Waals surface area (Å²) in [5, 5.41) is 18.6. The maximum atomic E-state index is 11.6. The van der Waals surface area contributed by atoms with Gasteiger partial charge < -0.3 is 14.9 Å². The van der Waals surface area contributed by atoms with Gasteiger partial charge in [-0.15, -0.1) is 0 Å². The normalized spacial score (nSPS) is 33.8. The molecule has 2 aliphatic rings. The van der Waals surface area contributed by atoms with Crippen molar-refractivity contribution >= 4 is 5.97 Å². The second kappa shape index (κ2) is 6.17. The van der Waals surface area contributed by atoms with E-state index in [1.807, 2.05) is 12.2 Å². The smallest absolute Gasteiger partial charge is 0.334 e. The van der Waals surface area contributed by atoms with Crippen LogP contribution in [0.2, 0.25) is 0 Å². The van der Waals surface area contributed by atoms with Gasteiger partial charge in [0.05, 0.1) is 13.2 Å². The maximum Gasteiger partial charge on any atom is 0.334 e. The Kier molecular flexibility index (Phi) is 4.56. The molecule has 4 nitrogen and oxygen atoms in total. The van der Waals surface area contributed by atoms with Crippen molar-refractivity contribution in [3.05, 3.63) is 35.5 Å². The van der Waals surface area contributed by atoms with E-state index in [2.05, 4.69) is 6.58 Å². The molecule has 0 aromatic carbocycles. The molecule has 1 saturated heterocycles. The molecule has 0 aromatic heterocycles. The Bertz CT molecular complexity index is 433. The summed E-state index contributed by atoms with van der Waals surface area (Å²) in [6, 6.07) is 0. The van der Waals surface area contributed by atoms with Gasteiger partial charge >= 0.3 is 5.97 Å². The molecule has 1 aliphatic heterocycles. The molecule has 0 saturated carbocycles. The molecule has 4 heteroatoms. The summed E-state index contributed by atoms with van der Waals surface area (Å²) < 4.78 is 5.30. The highest BCUT2D eigenvalue weighted by atomic mass is 16.5. The van der Waals surface area contributed by atoms with Crippen LogP contribution >= 0.6 is 0 Å². The number of allylic oxidation sites excluding steroid dienone is 1. The monoisotopic (exact) mass is 264 g/mol. The minimum Gasteiger partial charge on any atom is -0.454 e. The van der Waals surface area contributed by atoms with E-state index in [1.165, 1.54) is 0 Å². The van der Waals surface area contributed by atoms with Gasteiger partial charge in [0.25, 0.3) is 0 Å². The standard InChI is InChI=1S/C15H20O4/c1-10-13-6-5-11(8-16)3-2-4-12(9-17)7-14(13)19-15(10)18/h3,7,13-14,16-17H,1-2,4-6,8-9H2/b11-3-,12-7-/t13-,14-/m1/s1. The molecule has 19 heavy (non-hydrogen) atoms. The highest BCUT2D eigenvalue weighted by molar-refractivity contribution is 5.91. The molecule has 0 unspecified atom stereocenters. The van der Waals surface area contributed by atoms with Crippen molar-refractivity contribution in [2.75, 3.05) is 13.2 Å². The Hall–Kier alpha value is -1.39. The number of fused-ring (bicyclic) bond motifs is 1. The number of aliphatic hydroxyl groups excluding tert-OH is 2. The first-order chi connectivity index (χ1) is 9.15. The third-order valence-corrected chi connectivity index (χ3v) is 3.83. The van der Waals surface area contributed by atoms with E-state index in [-0.39, 0.29) is 31.2 Å². The first-order valence-corrected chi connectivity index (χ1v) is 6.64. The molecule has 0 amide bonds. The van der Waals surface area contributed by atoms with Crippen LogP contribution in [0.3, 0.4) is 0 Å². The number of aliphatic hydroxyl groups is 2. The third-order valence-electron chi connectivity index (χ3n) is 3.83. The van der Waals surface area contributed by atoms with Gasteiger partial charge in [-0.2, -0.15) is 0 Å². The summed E-state index contributed by atoms with van der Waals surface area (Å²) in [6.45, 7) is 3.81. The first-order valence-electron chi connectivity index (χ1n) is 6.64. The molecular weight excluding hydrogens is 244 g/mol. The summed E-state index contributed by atoms with van der Waals surface area (Å²) in [5.74, 6) is -0.403. The van der Waals surface area contributed by atoms with E-state index >= 15 is 0 Å². The van der Waals surface area contributed by atoms with Crippen LogP contribution < -0.4 is 0 Å². The molecule has 1 aliphatic carbocycles. The van der Waals surface area contributed by atoms with E-state index in [0.717, 1.165) is 30.4 Å². The lowest BCUT2D eigenvalue weighted by molar-refractivity contribution is -0.137. The number of ether oxygens (including phenoxy) is 1. The van der Waals surface area contributed by atoms with Gasteiger partial charge in [0.15, 0.2) is 0 Å². The Balaban J connectivity index is 2.25. The Labute approximate surface area is 113 Å². The minimum absolute atomic E-state index is 0.0322. The van der Waals surface area contributed by atoms with E-state index in [9.17, 15) is 15.0 Å². The van der Waals surface area contributed by atoms with Gasteiger partial charge in [-0.25, -0.2) is 4.79 Å². The highest BCUT2D eigenvalue weighted by Crippen LogP contribution is 2.34. The molecule has 0 radical (unpaired) electrons. The molecule has 0 aromatic rings. The zero-order chi connectivity index (χ0) is 13.8. The largest absolute Gasteiger partial charge is 0.454 e. The van der Waals surface area contributed by atoms with Crippen LogP contribution in [-0.2, 0) is 9.53 Å². The SMILES string of the molecule is C=C1C(=O)O[C@@H]2/C=C(\CO)CC/C=C(\CO)CC[C@H]12. The zero-order valence-corrected chi connectivity index (χ0v) is 11.0. The second-order valence-corrected chi connectivity index (χ2v) is 5.08. The first kappa shape index (κ1) is 14.0. The number of carbonyl (C=O) groups excluding carboxylic acids is 1. The second-order valence-electron chi connectivity index (χ2n) is 5.08. The molecule has 1 fully saturated rings. The van der Waals surface area contributed by atoms with Crippen LogP contribution in [0.1, 0.15) is 25.7 Å². The number of rotatable bonds is 2. The summed E-state index contributed by atoms with van der Waals surface area (Å²) in [7, 11) is 0. The summed E-state index contributed by atoms with van der Waals surface area (Å²) >= 11 is 0. The zero-order valence-electron chi connectivity index (χ0n) is 11.0. The van der Waals surface area contributed by atoms with E-state index in [0.29, 0.717) is 12.0 Å². The van der Waals surface area contributed by atoms with Crippen LogP contribution in [0.25, 0.3) is 0 Å². The Morgan fingerprint density at radius 1 is 1.26 bits per heavy atom. The van der Waals surface area contributed by atoms with E-state index in [1.54, 1.807) is 0 Å². The molecular formula is C15H20O4. The van der Waals surface area contributed by atoms with Crippen molar-refractivity contribution in [1.82, 2.24) is 0 Å². The molecule has 2 rings (SSSR count). The van der Waals surface area contributed by atoms with Crippen LogP contribution in [0, 0.1) is 5.92 Å². The molecule has 104 valence electrons. The minimum atomic E-state index is -0.350. The van der Waals surface area contributed by atoms with E-state index in [4.69, 9.17) is 4.74 Å².